The Morgan fingerprint density at radius 1 is 1.24 bits per heavy atom. The van der Waals surface area contributed by atoms with Crippen LogP contribution in [0.5, 0.6) is 5.75 Å². The number of allylic oxidation sites excluding steroid dienone is 4. The molecule has 4 N–H and O–H groups in total. The molecule has 3 saturated carbocycles. The van der Waals surface area contributed by atoms with E-state index in [1.54, 1.807) is 30.4 Å². The zero-order valence-electron chi connectivity index (χ0n) is 25.2. The first-order valence-electron chi connectivity index (χ1n) is 15.5. The molecule has 0 bridgehead atoms. The third-order valence-corrected chi connectivity index (χ3v) is 11.8. The fourth-order valence-corrected chi connectivity index (χ4v) is 9.77. The third kappa shape index (κ3) is 4.38. The van der Waals surface area contributed by atoms with Crippen molar-refractivity contribution in [3.8, 4) is 5.75 Å². The summed E-state index contributed by atoms with van der Waals surface area (Å²) >= 11 is 6.53. The maximum absolute atomic E-state index is 16.1. The minimum atomic E-state index is -1.63. The van der Waals surface area contributed by atoms with Crippen LogP contribution in [0.15, 0.2) is 60.2 Å². The molecule has 2 unspecified atom stereocenters. The van der Waals surface area contributed by atoms with Gasteiger partial charge in [0.2, 0.25) is 0 Å². The van der Waals surface area contributed by atoms with E-state index in [-0.39, 0.29) is 52.9 Å². The van der Waals surface area contributed by atoms with E-state index in [9.17, 15) is 19.8 Å². The van der Waals surface area contributed by atoms with Gasteiger partial charge in [0.15, 0.2) is 35.0 Å². The Kier molecular flexibility index (Phi) is 7.30. The molecule has 7 rings (SSSR count). The molecule has 10 heteroatoms. The normalized spacial score (nSPS) is 38.2. The highest BCUT2D eigenvalue weighted by Gasteiger charge is 2.76. The summed E-state index contributed by atoms with van der Waals surface area (Å²) in [5.74, 6) is -1.71. The predicted molar refractivity (Wildman–Crippen MR) is 164 cm³/mol. The molecule has 1 saturated heterocycles. The number of hydrogen-bond donors (Lipinski definition) is 3. The largest absolute Gasteiger partial charge is 0.486 e. The monoisotopic (exact) mass is 637 g/mol. The summed E-state index contributed by atoms with van der Waals surface area (Å²) in [5.41, 5.74) is 5.05. The van der Waals surface area contributed by atoms with Crippen LogP contribution in [-0.2, 0) is 25.7 Å². The molecule has 1 heterocycles. The van der Waals surface area contributed by atoms with E-state index in [0.717, 1.165) is 17.6 Å². The zero-order chi connectivity index (χ0) is 31.9. The number of benzene rings is 2. The first kappa shape index (κ1) is 30.6. The van der Waals surface area contributed by atoms with Crippen molar-refractivity contribution < 1.29 is 38.4 Å². The molecule has 0 radical (unpaired) electrons. The van der Waals surface area contributed by atoms with Gasteiger partial charge in [-0.25, -0.2) is 4.39 Å². The quantitative estimate of drug-likeness (QED) is 0.367. The summed E-state index contributed by atoms with van der Waals surface area (Å²) in [4.78, 5) is 26.0. The predicted octanol–water partition coefficient (Wildman–Crippen LogP) is 5.24. The molecular weight excluding hydrogens is 601 g/mol. The van der Waals surface area contributed by atoms with Gasteiger partial charge in [-0.05, 0) is 79.5 Å². The summed E-state index contributed by atoms with van der Waals surface area (Å²) < 4.78 is 34.8. The molecule has 5 aliphatic rings. The number of rotatable bonds is 6. The number of aliphatic hydroxyl groups excluding tert-OH is 2. The number of anilines is 1. The number of nitrogens with two attached hydrogens (primary N) is 1. The van der Waals surface area contributed by atoms with Crippen molar-refractivity contribution in [1.29, 1.82) is 0 Å². The van der Waals surface area contributed by atoms with Crippen LogP contribution in [0.3, 0.4) is 0 Å². The van der Waals surface area contributed by atoms with E-state index in [2.05, 4.69) is 6.92 Å². The number of nitrogen functional groups attached to an aromatic ring is 1. The molecule has 4 aliphatic carbocycles. The lowest BCUT2D eigenvalue weighted by atomic mass is 9.46. The number of carbonyl (C=O) groups excluding carboxylic acids is 2. The molecule has 0 spiro atoms. The van der Waals surface area contributed by atoms with E-state index in [1.165, 1.54) is 12.1 Å². The van der Waals surface area contributed by atoms with E-state index in [0.29, 0.717) is 18.5 Å². The average Bonchev–Trinajstić information content (AvgIpc) is 3.49. The second-order valence-corrected chi connectivity index (χ2v) is 14.1. The number of Topliss-reactive ketones (excluding diaryl/α,β-unsaturated/α-hetero) is 1. The van der Waals surface area contributed by atoms with Crippen LogP contribution >= 0.6 is 11.6 Å². The zero-order valence-corrected chi connectivity index (χ0v) is 25.9. The minimum Gasteiger partial charge on any atom is -0.486 e. The fourth-order valence-electron chi connectivity index (χ4n) is 9.54. The molecule has 0 amide bonds. The van der Waals surface area contributed by atoms with Crippen molar-refractivity contribution in [3.63, 3.8) is 0 Å². The fraction of sp³-hybridized carbons (Fsp3) is 0.486. The first-order chi connectivity index (χ1) is 21.4. The second-order valence-electron chi connectivity index (χ2n) is 13.6. The second kappa shape index (κ2) is 10.7. The molecule has 9 atom stereocenters. The maximum atomic E-state index is 16.1. The van der Waals surface area contributed by atoms with Crippen LogP contribution in [0.4, 0.5) is 10.1 Å². The van der Waals surface area contributed by atoms with Crippen LogP contribution in [0.25, 0.3) is 0 Å². The lowest BCUT2D eigenvalue weighted by Crippen LogP contribution is -2.63. The average molecular weight is 638 g/mol. The Bertz CT molecular complexity index is 1640. The van der Waals surface area contributed by atoms with E-state index < -0.39 is 53.1 Å². The molecule has 2 aromatic carbocycles. The van der Waals surface area contributed by atoms with Crippen LogP contribution in [0.1, 0.15) is 56.9 Å². The molecule has 238 valence electrons. The topological polar surface area (TPSA) is 128 Å². The number of fused-ring (bicyclic) bond motifs is 7. The molecule has 0 aromatic heterocycles. The Balaban J connectivity index is 1.21. The Labute approximate surface area is 266 Å². The summed E-state index contributed by atoms with van der Waals surface area (Å²) in [7, 11) is 0. The number of aliphatic hydroxyl groups is 2. The summed E-state index contributed by atoms with van der Waals surface area (Å²) in [6.45, 7) is 3.26. The lowest BCUT2D eigenvalue weighted by Gasteiger charge is -2.59. The highest BCUT2D eigenvalue weighted by molar-refractivity contribution is 6.31. The molecule has 45 heavy (non-hydrogen) atoms. The highest BCUT2D eigenvalue weighted by Crippen LogP contribution is 2.70. The van der Waals surface area contributed by atoms with Gasteiger partial charge in [0, 0.05) is 22.4 Å². The van der Waals surface area contributed by atoms with Crippen LogP contribution < -0.4 is 10.5 Å². The van der Waals surface area contributed by atoms with Crippen molar-refractivity contribution in [2.75, 3.05) is 12.3 Å². The molecule has 1 aliphatic heterocycles. The Morgan fingerprint density at radius 2 is 2.04 bits per heavy atom. The van der Waals surface area contributed by atoms with Gasteiger partial charge in [0.1, 0.15) is 13.2 Å². The van der Waals surface area contributed by atoms with Crippen molar-refractivity contribution in [3.05, 3.63) is 82.2 Å². The number of ketones is 2. The smallest absolute Gasteiger partial charge is 0.193 e. The summed E-state index contributed by atoms with van der Waals surface area (Å²) in [6, 6.07) is 9.99. The lowest BCUT2D eigenvalue weighted by molar-refractivity contribution is -0.201. The number of ether oxygens (including phenoxy) is 3. The first-order valence-corrected chi connectivity index (χ1v) is 15.9. The molecule has 2 aromatic rings. The third-order valence-electron chi connectivity index (χ3n) is 11.5. The van der Waals surface area contributed by atoms with Crippen LogP contribution in [0.2, 0.25) is 5.02 Å². The Morgan fingerprint density at radius 3 is 2.80 bits per heavy atom. The molecular formula is C35H37ClFNO7. The van der Waals surface area contributed by atoms with E-state index in [4.69, 9.17) is 31.5 Å². The van der Waals surface area contributed by atoms with Gasteiger partial charge in [-0.15, -0.1) is 0 Å². The minimum absolute atomic E-state index is 0.00226. The summed E-state index contributed by atoms with van der Waals surface area (Å²) in [6.07, 6.45) is 4.30. The van der Waals surface area contributed by atoms with Gasteiger partial charge in [-0.3, -0.25) is 9.59 Å². The van der Waals surface area contributed by atoms with Gasteiger partial charge in [-0.2, -0.15) is 0 Å². The van der Waals surface area contributed by atoms with Crippen molar-refractivity contribution in [2.24, 2.45) is 28.6 Å². The van der Waals surface area contributed by atoms with Crippen LogP contribution in [0, 0.1) is 34.4 Å². The number of halogens is 2. The van der Waals surface area contributed by atoms with Gasteiger partial charge in [0.05, 0.1) is 22.8 Å². The van der Waals surface area contributed by atoms with Crippen molar-refractivity contribution in [1.82, 2.24) is 0 Å². The van der Waals surface area contributed by atoms with E-state index in [1.807, 2.05) is 19.1 Å². The van der Waals surface area contributed by atoms with Gasteiger partial charge >= 0.3 is 0 Å². The SMILES string of the molecule is C[C@]12C=CC(=O)C=C1CC[C@@H]1C2[C@@H](O)C[C@@]2(C)C1C[C@H]1O[C@@H](c3c(Cl)ccc(OCc4cccc(N)c4)c3F)O[C@]12C(=O)CO. The Hall–Kier alpha value is -3.08. The molecule has 8 nitrogen and oxygen atoms in total. The van der Waals surface area contributed by atoms with Gasteiger partial charge < -0.3 is 30.2 Å². The summed E-state index contributed by atoms with van der Waals surface area (Å²) in [5, 5.41) is 22.1. The van der Waals surface area contributed by atoms with Gasteiger partial charge in [0.25, 0.3) is 0 Å². The van der Waals surface area contributed by atoms with Crippen molar-refractivity contribution in [2.45, 2.75) is 70.2 Å². The number of hydrogen-bond acceptors (Lipinski definition) is 8. The molecule has 4 fully saturated rings. The van der Waals surface area contributed by atoms with Crippen LogP contribution in [-0.4, -0.2) is 46.2 Å². The van der Waals surface area contributed by atoms with Gasteiger partial charge in [-0.1, -0.05) is 49.2 Å². The maximum Gasteiger partial charge on any atom is 0.193 e. The van der Waals surface area contributed by atoms with E-state index >= 15 is 4.39 Å². The highest BCUT2D eigenvalue weighted by atomic mass is 35.5. The standard InChI is InChI=1S/C35H37ClFNO7/c1-33-11-10-21(40)13-19(33)6-7-22-23-14-28-35(27(42)16-39,34(23,2)15-25(41)30(22)33)45-32(44-28)29-24(36)8-9-26(31(29)37)43-17-18-4-3-5-20(38)12-18/h3-5,8-13,22-23,25,28,30,32,39,41H,6-7,14-17,38H2,1-2H3/t22-,23?,25-,28+,30?,32+,33-,34-,35+/m0/s1. The van der Waals surface area contributed by atoms with Crippen molar-refractivity contribution >= 4 is 28.9 Å². The number of carbonyl (C=O) groups is 2.